The number of rotatable bonds is 5. The number of benzene rings is 1. The topological polar surface area (TPSA) is 34.1 Å². The molecular weight excluding hydrogens is 300 g/mol. The van der Waals surface area contributed by atoms with Crippen LogP contribution in [0.2, 0.25) is 0 Å². The highest BCUT2D eigenvalue weighted by atomic mass is 79.9. The van der Waals surface area contributed by atoms with E-state index in [9.17, 15) is 8.42 Å². The predicted octanol–water partition coefficient (Wildman–Crippen LogP) is 3.08. The smallest absolute Gasteiger partial charge is 0.155 e. The molecule has 0 aromatic heterocycles. The average Bonchev–Trinajstić information content (AvgIpc) is 2.96. The first kappa shape index (κ1) is 13.1. The zero-order valence-electron chi connectivity index (χ0n) is 9.95. The van der Waals surface area contributed by atoms with Crippen LogP contribution in [0.4, 0.5) is 0 Å². The number of halogens is 1. The minimum atomic E-state index is -2.99. The lowest BCUT2D eigenvalue weighted by atomic mass is 10.2. The van der Waals surface area contributed by atoms with Gasteiger partial charge in [-0.1, -0.05) is 45.8 Å². The summed E-state index contributed by atoms with van der Waals surface area (Å²) < 4.78 is 24.2. The van der Waals surface area contributed by atoms with Crippen molar-refractivity contribution in [3.8, 4) is 0 Å². The second-order valence-corrected chi connectivity index (χ2v) is 7.78. The zero-order valence-corrected chi connectivity index (χ0v) is 12.4. The molecule has 0 heterocycles. The van der Waals surface area contributed by atoms with E-state index < -0.39 is 9.84 Å². The molecule has 1 aromatic carbocycles. The van der Waals surface area contributed by atoms with Crippen molar-refractivity contribution in [3.63, 3.8) is 0 Å². The van der Waals surface area contributed by atoms with Gasteiger partial charge in [-0.25, -0.2) is 8.42 Å². The fourth-order valence-electron chi connectivity index (χ4n) is 2.07. The molecule has 94 valence electrons. The summed E-state index contributed by atoms with van der Waals surface area (Å²) in [6, 6.07) is 7.73. The van der Waals surface area contributed by atoms with Crippen LogP contribution in [0.5, 0.6) is 0 Å². The Morgan fingerprint density at radius 1 is 1.35 bits per heavy atom. The molecule has 0 amide bonds. The summed E-state index contributed by atoms with van der Waals surface area (Å²) in [4.78, 5) is 0. The van der Waals surface area contributed by atoms with Crippen molar-refractivity contribution in [1.82, 2.24) is 0 Å². The number of hydrogen-bond acceptors (Lipinski definition) is 2. The fraction of sp³-hybridized carbons (Fsp3) is 0.538. The second kappa shape index (κ2) is 4.73. The molecular formula is C13H17BrO2S. The van der Waals surface area contributed by atoms with Gasteiger partial charge in [-0.05, 0) is 30.7 Å². The van der Waals surface area contributed by atoms with Gasteiger partial charge in [0.15, 0.2) is 9.84 Å². The molecule has 17 heavy (non-hydrogen) atoms. The van der Waals surface area contributed by atoms with Gasteiger partial charge >= 0.3 is 0 Å². The molecule has 2 rings (SSSR count). The van der Waals surface area contributed by atoms with Gasteiger partial charge in [-0.3, -0.25) is 0 Å². The normalized spacial score (nSPS) is 18.0. The molecule has 1 aliphatic rings. The van der Waals surface area contributed by atoms with E-state index in [0.717, 1.165) is 29.3 Å². The van der Waals surface area contributed by atoms with Crippen molar-refractivity contribution in [1.29, 1.82) is 0 Å². The van der Waals surface area contributed by atoms with Gasteiger partial charge in [-0.2, -0.15) is 0 Å². The van der Waals surface area contributed by atoms with Crippen LogP contribution in [-0.2, 0) is 15.6 Å². The Kier molecular flexibility index (Phi) is 3.64. The number of hydrogen-bond donors (Lipinski definition) is 0. The maximum absolute atomic E-state index is 12.1. The quantitative estimate of drug-likeness (QED) is 0.782. The van der Waals surface area contributed by atoms with E-state index in [2.05, 4.69) is 15.9 Å². The molecule has 1 fully saturated rings. The molecule has 1 saturated carbocycles. The fourth-order valence-corrected chi connectivity index (χ4v) is 5.20. The molecule has 4 heteroatoms. The van der Waals surface area contributed by atoms with Crippen LogP contribution in [0.15, 0.2) is 24.3 Å². The van der Waals surface area contributed by atoms with Crippen LogP contribution >= 0.6 is 15.9 Å². The molecule has 0 bridgehead atoms. The number of aryl methyl sites for hydroxylation is 1. The van der Waals surface area contributed by atoms with Crippen LogP contribution in [0, 0.1) is 12.3 Å². The summed E-state index contributed by atoms with van der Waals surface area (Å²) in [6.07, 6.45) is 2.07. The van der Waals surface area contributed by atoms with Crippen LogP contribution in [0.25, 0.3) is 0 Å². The molecule has 0 unspecified atom stereocenters. The van der Waals surface area contributed by atoms with E-state index in [1.165, 1.54) is 0 Å². The van der Waals surface area contributed by atoms with Gasteiger partial charge in [0.05, 0.1) is 11.5 Å². The largest absolute Gasteiger partial charge is 0.228 e. The Labute approximate surface area is 111 Å². The molecule has 0 saturated heterocycles. The molecule has 0 spiro atoms. The molecule has 0 N–H and O–H groups in total. The highest BCUT2D eigenvalue weighted by Gasteiger charge is 2.44. The lowest BCUT2D eigenvalue weighted by Gasteiger charge is -2.12. The van der Waals surface area contributed by atoms with Crippen LogP contribution in [0.3, 0.4) is 0 Å². The third-order valence-corrected chi connectivity index (χ3v) is 6.25. The van der Waals surface area contributed by atoms with Crippen molar-refractivity contribution in [2.45, 2.75) is 25.5 Å². The van der Waals surface area contributed by atoms with Gasteiger partial charge in [-0.15, -0.1) is 0 Å². The lowest BCUT2D eigenvalue weighted by molar-refractivity contribution is 0.571. The Balaban J connectivity index is 2.07. The summed E-state index contributed by atoms with van der Waals surface area (Å²) in [5.41, 5.74) is 2.04. The van der Waals surface area contributed by atoms with E-state index >= 15 is 0 Å². The summed E-state index contributed by atoms with van der Waals surface area (Å²) in [5.74, 6) is 0.489. The molecule has 0 atom stereocenters. The van der Waals surface area contributed by atoms with Gasteiger partial charge in [0.2, 0.25) is 0 Å². The second-order valence-electron chi connectivity index (χ2n) is 5.15. The Morgan fingerprint density at radius 2 is 2.06 bits per heavy atom. The van der Waals surface area contributed by atoms with E-state index in [-0.39, 0.29) is 11.2 Å². The molecule has 0 aliphatic heterocycles. The van der Waals surface area contributed by atoms with Crippen molar-refractivity contribution in [3.05, 3.63) is 35.4 Å². The summed E-state index contributed by atoms with van der Waals surface area (Å²) in [5, 5.41) is 0.799. The first-order valence-corrected chi connectivity index (χ1v) is 8.71. The summed E-state index contributed by atoms with van der Waals surface area (Å²) in [7, 11) is -2.99. The van der Waals surface area contributed by atoms with Crippen molar-refractivity contribution < 1.29 is 8.42 Å². The lowest BCUT2D eigenvalue weighted by Crippen LogP contribution is -2.20. The maximum Gasteiger partial charge on any atom is 0.155 e. The highest BCUT2D eigenvalue weighted by Crippen LogP contribution is 2.48. The first-order valence-electron chi connectivity index (χ1n) is 5.77. The monoisotopic (exact) mass is 316 g/mol. The van der Waals surface area contributed by atoms with Crippen LogP contribution < -0.4 is 0 Å². The van der Waals surface area contributed by atoms with Crippen LogP contribution in [-0.4, -0.2) is 19.5 Å². The third kappa shape index (κ3) is 3.55. The minimum absolute atomic E-state index is 0.0304. The standard InChI is InChI=1S/C13H17BrO2S/c1-11-3-2-4-12(7-11)8-17(15,16)10-13(9-14)5-6-13/h2-4,7H,5-6,8-10H2,1H3. The Bertz CT molecular complexity index is 504. The molecule has 2 nitrogen and oxygen atoms in total. The van der Waals surface area contributed by atoms with Crippen molar-refractivity contribution in [2.24, 2.45) is 5.41 Å². The molecule has 1 aromatic rings. The van der Waals surface area contributed by atoms with E-state index in [4.69, 9.17) is 0 Å². The number of alkyl halides is 1. The molecule has 1 aliphatic carbocycles. The Hall–Kier alpha value is -0.350. The molecule has 0 radical (unpaired) electrons. The van der Waals surface area contributed by atoms with Gasteiger partial charge in [0.25, 0.3) is 0 Å². The number of sulfone groups is 1. The van der Waals surface area contributed by atoms with Gasteiger partial charge in [0.1, 0.15) is 0 Å². The average molecular weight is 317 g/mol. The van der Waals surface area contributed by atoms with Crippen molar-refractivity contribution in [2.75, 3.05) is 11.1 Å². The Morgan fingerprint density at radius 3 is 2.59 bits per heavy atom. The van der Waals surface area contributed by atoms with Crippen molar-refractivity contribution >= 4 is 25.8 Å². The van der Waals surface area contributed by atoms with E-state index in [1.54, 1.807) is 0 Å². The van der Waals surface area contributed by atoms with E-state index in [1.807, 2.05) is 31.2 Å². The predicted molar refractivity (Wildman–Crippen MR) is 74.1 cm³/mol. The zero-order chi connectivity index (χ0) is 12.5. The summed E-state index contributed by atoms with van der Waals surface area (Å²) in [6.45, 7) is 1.98. The first-order chi connectivity index (χ1) is 7.95. The highest BCUT2D eigenvalue weighted by molar-refractivity contribution is 9.09. The summed E-state index contributed by atoms with van der Waals surface area (Å²) >= 11 is 3.42. The van der Waals surface area contributed by atoms with Gasteiger partial charge < -0.3 is 0 Å². The SMILES string of the molecule is Cc1cccc(CS(=O)(=O)CC2(CBr)CC2)c1. The van der Waals surface area contributed by atoms with E-state index in [0.29, 0.717) is 5.75 Å². The maximum atomic E-state index is 12.1. The third-order valence-electron chi connectivity index (χ3n) is 3.24. The van der Waals surface area contributed by atoms with Crippen LogP contribution in [0.1, 0.15) is 24.0 Å². The minimum Gasteiger partial charge on any atom is -0.228 e. The van der Waals surface area contributed by atoms with Gasteiger partial charge in [0, 0.05) is 5.33 Å².